The van der Waals surface area contributed by atoms with E-state index in [1.807, 2.05) is 34.6 Å². The Morgan fingerprint density at radius 2 is 1.53 bits per heavy atom. The second kappa shape index (κ2) is 14.4. The van der Waals surface area contributed by atoms with Crippen molar-refractivity contribution < 1.29 is 14.3 Å². The molecule has 30 heavy (non-hydrogen) atoms. The standard InChI is InChI=1S/C22H43N5O3/c1-7-19(24)22(5,6)27-13-10-18(9-12-26-21(3,4)17(2)23)8-11-25-20(29)16-30-15-14-28/h14,18,23-24,26-27H,7-13,15-16H2,1-6H3,(H,25,29). The number of rotatable bonds is 18. The van der Waals surface area contributed by atoms with E-state index >= 15 is 0 Å². The van der Waals surface area contributed by atoms with Crippen LogP contribution in [0.3, 0.4) is 0 Å². The fraction of sp³-hybridized carbons (Fsp3) is 0.818. The molecule has 0 fully saturated rings. The second-order valence-corrected chi connectivity index (χ2v) is 8.82. The molecule has 5 N–H and O–H groups in total. The fourth-order valence-electron chi connectivity index (χ4n) is 2.96. The van der Waals surface area contributed by atoms with Gasteiger partial charge >= 0.3 is 0 Å². The summed E-state index contributed by atoms with van der Waals surface area (Å²) in [6.07, 6.45) is 4.05. The predicted molar refractivity (Wildman–Crippen MR) is 123 cm³/mol. The van der Waals surface area contributed by atoms with Gasteiger partial charge in [0, 0.05) is 18.0 Å². The maximum absolute atomic E-state index is 11.7. The number of nitrogens with one attached hydrogen (secondary N) is 5. The van der Waals surface area contributed by atoms with Crippen molar-refractivity contribution in [2.24, 2.45) is 5.92 Å². The molecule has 0 radical (unpaired) electrons. The van der Waals surface area contributed by atoms with Gasteiger partial charge in [0.15, 0.2) is 0 Å². The fourth-order valence-corrected chi connectivity index (χ4v) is 2.96. The Bertz CT molecular complexity index is 561. The van der Waals surface area contributed by atoms with Crippen LogP contribution in [0.15, 0.2) is 0 Å². The van der Waals surface area contributed by atoms with Gasteiger partial charge in [-0.15, -0.1) is 0 Å². The minimum absolute atomic E-state index is 0.0713. The van der Waals surface area contributed by atoms with Crippen molar-refractivity contribution in [2.45, 2.75) is 78.3 Å². The normalized spacial score (nSPS) is 13.0. The van der Waals surface area contributed by atoms with Gasteiger partial charge in [0.05, 0.1) is 11.1 Å². The van der Waals surface area contributed by atoms with Gasteiger partial charge in [0.25, 0.3) is 0 Å². The van der Waals surface area contributed by atoms with Crippen molar-refractivity contribution in [2.75, 3.05) is 32.8 Å². The zero-order valence-corrected chi connectivity index (χ0v) is 19.7. The van der Waals surface area contributed by atoms with Crippen LogP contribution in [0, 0.1) is 16.7 Å². The highest BCUT2D eigenvalue weighted by atomic mass is 16.5. The second-order valence-electron chi connectivity index (χ2n) is 8.82. The lowest BCUT2D eigenvalue weighted by atomic mass is 9.93. The highest BCUT2D eigenvalue weighted by molar-refractivity contribution is 5.89. The number of ether oxygens (including phenoxy) is 1. The van der Waals surface area contributed by atoms with E-state index in [1.165, 1.54) is 0 Å². The number of amides is 1. The summed E-state index contributed by atoms with van der Waals surface area (Å²) >= 11 is 0. The Morgan fingerprint density at radius 3 is 2.03 bits per heavy atom. The summed E-state index contributed by atoms with van der Waals surface area (Å²) in [4.78, 5) is 22.0. The van der Waals surface area contributed by atoms with Crippen LogP contribution in [-0.2, 0) is 14.3 Å². The number of carbonyl (C=O) groups excluding carboxylic acids is 2. The summed E-state index contributed by atoms with van der Waals surface area (Å²) in [7, 11) is 0. The molecule has 0 bridgehead atoms. The molecule has 8 nitrogen and oxygen atoms in total. The minimum Gasteiger partial charge on any atom is -0.364 e. The summed E-state index contributed by atoms with van der Waals surface area (Å²) in [6.45, 7) is 13.8. The van der Waals surface area contributed by atoms with Crippen LogP contribution in [0.1, 0.15) is 67.2 Å². The van der Waals surface area contributed by atoms with Gasteiger partial charge in [-0.25, -0.2) is 0 Å². The first-order chi connectivity index (χ1) is 14.0. The van der Waals surface area contributed by atoms with Crippen molar-refractivity contribution >= 4 is 23.6 Å². The van der Waals surface area contributed by atoms with Crippen molar-refractivity contribution in [3.63, 3.8) is 0 Å². The van der Waals surface area contributed by atoms with Crippen molar-refractivity contribution in [1.82, 2.24) is 16.0 Å². The highest BCUT2D eigenvalue weighted by Gasteiger charge is 2.23. The Morgan fingerprint density at radius 1 is 1.00 bits per heavy atom. The molecule has 0 aliphatic rings. The zero-order valence-electron chi connectivity index (χ0n) is 19.7. The van der Waals surface area contributed by atoms with Gasteiger partial charge in [0.1, 0.15) is 19.5 Å². The Balaban J connectivity index is 4.60. The molecule has 0 aromatic rings. The van der Waals surface area contributed by atoms with Crippen LogP contribution in [-0.4, -0.2) is 67.5 Å². The summed E-state index contributed by atoms with van der Waals surface area (Å²) in [5.41, 5.74) is 0.640. The molecule has 1 unspecified atom stereocenters. The van der Waals surface area contributed by atoms with E-state index in [0.717, 1.165) is 38.8 Å². The monoisotopic (exact) mass is 425 g/mol. The quantitative estimate of drug-likeness (QED) is 0.131. The lowest BCUT2D eigenvalue weighted by Gasteiger charge is -2.29. The third-order valence-corrected chi connectivity index (χ3v) is 5.58. The molecule has 174 valence electrons. The third kappa shape index (κ3) is 12.1. The molecule has 1 amide bonds. The molecule has 0 aliphatic carbocycles. The zero-order chi connectivity index (χ0) is 23.2. The molecule has 0 aromatic carbocycles. The first-order valence-corrected chi connectivity index (χ1v) is 10.9. The Hall–Kier alpha value is -1.64. The Labute approximate surface area is 182 Å². The van der Waals surface area contributed by atoms with Crippen LogP contribution < -0.4 is 16.0 Å². The molecule has 0 heterocycles. The third-order valence-electron chi connectivity index (χ3n) is 5.58. The van der Waals surface area contributed by atoms with E-state index in [4.69, 9.17) is 15.6 Å². The molecular formula is C22H43N5O3. The average molecular weight is 426 g/mol. The maximum atomic E-state index is 11.7. The van der Waals surface area contributed by atoms with Crippen LogP contribution >= 0.6 is 0 Å². The van der Waals surface area contributed by atoms with Crippen LogP contribution in [0.5, 0.6) is 0 Å². The van der Waals surface area contributed by atoms with Crippen molar-refractivity contribution in [3.8, 4) is 0 Å². The van der Waals surface area contributed by atoms with E-state index in [-0.39, 0.29) is 30.2 Å². The average Bonchev–Trinajstić information content (AvgIpc) is 2.66. The molecule has 0 rings (SSSR count). The molecule has 0 saturated heterocycles. The van der Waals surface area contributed by atoms with E-state index in [0.29, 0.717) is 30.2 Å². The molecule has 0 aliphatic heterocycles. The van der Waals surface area contributed by atoms with Gasteiger partial charge < -0.3 is 36.3 Å². The van der Waals surface area contributed by atoms with Crippen molar-refractivity contribution in [3.05, 3.63) is 0 Å². The van der Waals surface area contributed by atoms with Crippen LogP contribution in [0.2, 0.25) is 0 Å². The summed E-state index contributed by atoms with van der Waals surface area (Å²) in [5, 5.41) is 25.7. The van der Waals surface area contributed by atoms with Crippen LogP contribution in [0.25, 0.3) is 0 Å². The number of hydrogen-bond donors (Lipinski definition) is 5. The SMILES string of the molecule is CCC(=N)C(C)(C)NCCC(CCNC(=O)COCC=O)CCNC(C)(C)C(C)=N. The van der Waals surface area contributed by atoms with E-state index < -0.39 is 0 Å². The van der Waals surface area contributed by atoms with E-state index in [1.54, 1.807) is 6.92 Å². The first kappa shape index (κ1) is 28.4. The molecular weight excluding hydrogens is 382 g/mol. The summed E-state index contributed by atoms with van der Waals surface area (Å²) in [6, 6.07) is 0. The topological polar surface area (TPSA) is 127 Å². The van der Waals surface area contributed by atoms with Gasteiger partial charge in [-0.3, -0.25) is 4.79 Å². The Kier molecular flexibility index (Phi) is 13.6. The van der Waals surface area contributed by atoms with E-state index in [2.05, 4.69) is 16.0 Å². The highest BCUT2D eigenvalue weighted by Crippen LogP contribution is 2.15. The molecule has 8 heteroatoms. The van der Waals surface area contributed by atoms with Gasteiger partial charge in [-0.1, -0.05) is 6.92 Å². The van der Waals surface area contributed by atoms with Gasteiger partial charge in [-0.2, -0.15) is 0 Å². The molecule has 1 atom stereocenters. The molecule has 0 aromatic heterocycles. The minimum atomic E-state index is -0.328. The summed E-state index contributed by atoms with van der Waals surface area (Å²) < 4.78 is 4.92. The number of hydrogen-bond acceptors (Lipinski definition) is 7. The van der Waals surface area contributed by atoms with Gasteiger partial charge in [0.2, 0.25) is 5.91 Å². The molecule has 0 saturated carbocycles. The first-order valence-electron chi connectivity index (χ1n) is 10.9. The number of carbonyl (C=O) groups is 2. The van der Waals surface area contributed by atoms with Gasteiger partial charge in [-0.05, 0) is 79.3 Å². The van der Waals surface area contributed by atoms with Crippen LogP contribution in [0.4, 0.5) is 0 Å². The van der Waals surface area contributed by atoms with E-state index in [9.17, 15) is 9.59 Å². The maximum Gasteiger partial charge on any atom is 0.246 e. The lowest BCUT2D eigenvalue weighted by Crippen LogP contribution is -2.47. The lowest BCUT2D eigenvalue weighted by molar-refractivity contribution is -0.126. The number of aldehydes is 1. The smallest absolute Gasteiger partial charge is 0.246 e. The van der Waals surface area contributed by atoms with Crippen molar-refractivity contribution in [1.29, 1.82) is 10.8 Å². The molecule has 0 spiro atoms. The summed E-state index contributed by atoms with van der Waals surface area (Å²) in [5.74, 6) is 0.166. The predicted octanol–water partition coefficient (Wildman–Crippen LogP) is 2.31. The largest absolute Gasteiger partial charge is 0.364 e.